The van der Waals surface area contributed by atoms with Crippen LogP contribution in [0.2, 0.25) is 0 Å². The summed E-state index contributed by atoms with van der Waals surface area (Å²) in [5.41, 5.74) is 1.01. The number of rotatable bonds is 5. The summed E-state index contributed by atoms with van der Waals surface area (Å²) in [6, 6.07) is 1.55. The summed E-state index contributed by atoms with van der Waals surface area (Å²) in [6.45, 7) is 5.25. The molecule has 0 aliphatic carbocycles. The number of esters is 2. The van der Waals surface area contributed by atoms with Crippen LogP contribution in [-0.2, 0) is 14.3 Å². The van der Waals surface area contributed by atoms with E-state index in [0.29, 0.717) is 35.6 Å². The number of amides is 1. The Kier molecular flexibility index (Phi) is 6.30. The van der Waals surface area contributed by atoms with Crippen molar-refractivity contribution in [3.05, 3.63) is 11.6 Å². The highest BCUT2D eigenvalue weighted by molar-refractivity contribution is 5.87. The molecule has 1 N–H and O–H groups in total. The van der Waals surface area contributed by atoms with Crippen LogP contribution in [0.4, 0.5) is 4.79 Å². The Morgan fingerprint density at radius 1 is 1.17 bits per heavy atom. The molecule has 29 heavy (non-hydrogen) atoms. The predicted octanol–water partition coefficient (Wildman–Crippen LogP) is 2.36. The molecule has 10 nitrogen and oxygen atoms in total. The van der Waals surface area contributed by atoms with Gasteiger partial charge in [0.15, 0.2) is 5.65 Å². The lowest BCUT2D eigenvalue weighted by molar-refractivity contribution is -0.144. The van der Waals surface area contributed by atoms with E-state index in [1.54, 1.807) is 17.9 Å². The first-order chi connectivity index (χ1) is 13.9. The number of hydrogen-bond donors (Lipinski definition) is 1. The molecule has 3 heterocycles. The molecule has 0 aromatic carbocycles. The van der Waals surface area contributed by atoms with Crippen LogP contribution in [0.25, 0.3) is 11.0 Å². The molecule has 10 heteroatoms. The first kappa shape index (κ1) is 20.6. The van der Waals surface area contributed by atoms with E-state index in [2.05, 4.69) is 26.8 Å². The van der Waals surface area contributed by atoms with Crippen molar-refractivity contribution < 1.29 is 28.6 Å². The number of aryl methyl sites for hydroxylation is 1. The van der Waals surface area contributed by atoms with E-state index in [1.165, 1.54) is 7.11 Å². The number of nitrogens with zero attached hydrogens (tertiary/aromatic N) is 3. The van der Waals surface area contributed by atoms with Crippen molar-refractivity contribution in [3.8, 4) is 11.8 Å². The van der Waals surface area contributed by atoms with Crippen LogP contribution in [0.5, 0.6) is 11.8 Å². The van der Waals surface area contributed by atoms with Gasteiger partial charge in [0.2, 0.25) is 5.88 Å². The van der Waals surface area contributed by atoms with Crippen molar-refractivity contribution in [2.75, 3.05) is 20.2 Å². The van der Waals surface area contributed by atoms with Crippen molar-refractivity contribution >= 4 is 29.1 Å². The van der Waals surface area contributed by atoms with E-state index < -0.39 is 18.0 Å². The summed E-state index contributed by atoms with van der Waals surface area (Å²) in [4.78, 5) is 41.2. The first-order valence-electron chi connectivity index (χ1n) is 9.47. The molecular formula is C19H24N4O6. The molecule has 1 fully saturated rings. The molecule has 2 aromatic heterocycles. The van der Waals surface area contributed by atoms with E-state index >= 15 is 0 Å². The number of carbonyl (C=O) groups is 3. The van der Waals surface area contributed by atoms with E-state index in [4.69, 9.17) is 9.47 Å². The van der Waals surface area contributed by atoms with Gasteiger partial charge >= 0.3 is 18.0 Å². The van der Waals surface area contributed by atoms with Gasteiger partial charge in [0.1, 0.15) is 0 Å². The fourth-order valence-electron chi connectivity index (χ4n) is 3.09. The predicted molar refractivity (Wildman–Crippen MR) is 102 cm³/mol. The summed E-state index contributed by atoms with van der Waals surface area (Å²) < 4.78 is 15.1. The second-order valence-electron chi connectivity index (χ2n) is 7.12. The highest BCUT2D eigenvalue weighted by atomic mass is 16.6. The van der Waals surface area contributed by atoms with Crippen molar-refractivity contribution in [3.63, 3.8) is 0 Å². The van der Waals surface area contributed by atoms with Crippen LogP contribution in [0.1, 0.15) is 38.2 Å². The first-order valence-corrected chi connectivity index (χ1v) is 9.47. The Morgan fingerprint density at radius 2 is 1.86 bits per heavy atom. The number of nitrogens with one attached hydrogen (secondary N) is 1. The van der Waals surface area contributed by atoms with Crippen LogP contribution in [-0.4, -0.2) is 58.3 Å². The number of pyridine rings is 1. The van der Waals surface area contributed by atoms with Gasteiger partial charge in [0.05, 0.1) is 25.3 Å². The number of likely N-dealkylation sites (tertiary alicyclic amines) is 1. The monoisotopic (exact) mass is 404 g/mol. The molecule has 156 valence electrons. The van der Waals surface area contributed by atoms with Gasteiger partial charge in [-0.25, -0.2) is 4.79 Å². The molecule has 1 saturated heterocycles. The van der Waals surface area contributed by atoms with Crippen molar-refractivity contribution in [2.24, 2.45) is 5.92 Å². The van der Waals surface area contributed by atoms with Crippen LogP contribution < -0.4 is 9.47 Å². The zero-order valence-corrected chi connectivity index (χ0v) is 16.7. The molecule has 0 unspecified atom stereocenters. The average Bonchev–Trinajstić information content (AvgIpc) is 3.09. The smallest absolute Gasteiger partial charge is 0.416 e. The topological polar surface area (TPSA) is 124 Å². The Bertz CT molecular complexity index is 917. The third kappa shape index (κ3) is 5.01. The highest BCUT2D eigenvalue weighted by Gasteiger charge is 2.24. The fourth-order valence-corrected chi connectivity index (χ4v) is 3.09. The van der Waals surface area contributed by atoms with Gasteiger partial charge in [0, 0.05) is 19.2 Å². The minimum Gasteiger partial charge on any atom is -0.469 e. The fraction of sp³-hybridized carbons (Fsp3) is 0.526. The summed E-state index contributed by atoms with van der Waals surface area (Å²) in [5.74, 6) is -0.295. The number of methoxy groups -OCH3 is 1. The molecule has 3 rings (SSSR count). The Balaban J connectivity index is 1.68. The quantitative estimate of drug-likeness (QED) is 0.753. The lowest BCUT2D eigenvalue weighted by Gasteiger charge is -2.29. The van der Waals surface area contributed by atoms with Crippen molar-refractivity contribution in [1.29, 1.82) is 0 Å². The number of hydrogen-bond acceptors (Lipinski definition) is 8. The number of H-pyrrole nitrogens is 1. The van der Waals surface area contributed by atoms with Crippen LogP contribution in [0, 0.1) is 12.8 Å². The minimum atomic E-state index is -0.604. The zero-order valence-electron chi connectivity index (χ0n) is 16.7. The summed E-state index contributed by atoms with van der Waals surface area (Å²) >= 11 is 0. The maximum atomic E-state index is 12.4. The summed E-state index contributed by atoms with van der Waals surface area (Å²) in [5, 5.41) is 7.27. The number of aromatic nitrogens is 3. The number of fused-ring (bicyclic) bond motifs is 1. The molecular weight excluding hydrogens is 380 g/mol. The van der Waals surface area contributed by atoms with Crippen molar-refractivity contribution in [1.82, 2.24) is 20.1 Å². The lowest BCUT2D eigenvalue weighted by Crippen LogP contribution is -2.39. The minimum absolute atomic E-state index is 0.0661. The average molecular weight is 404 g/mol. The number of aromatic amines is 1. The maximum absolute atomic E-state index is 12.4. The Labute approximate surface area is 167 Å². The highest BCUT2D eigenvalue weighted by Crippen LogP contribution is 2.28. The third-order valence-electron chi connectivity index (χ3n) is 4.88. The number of carbonyl (C=O) groups excluding carboxylic acids is 3. The molecule has 1 amide bonds. The summed E-state index contributed by atoms with van der Waals surface area (Å²) in [7, 11) is 1.25. The van der Waals surface area contributed by atoms with Gasteiger partial charge < -0.3 is 19.1 Å². The van der Waals surface area contributed by atoms with Gasteiger partial charge in [-0.1, -0.05) is 6.92 Å². The van der Waals surface area contributed by atoms with E-state index in [9.17, 15) is 14.4 Å². The van der Waals surface area contributed by atoms with E-state index in [1.807, 2.05) is 0 Å². The standard InChI is InChI=1S/C19H24N4O6/c1-11-6-8-23(9-7-11)19(26)29-18-16-12(2)10-13(20-17(16)21-22-18)28-15(25)5-4-14(24)27-3/h10-11H,4-9H2,1-3H3,(H,20,21,22). The Hall–Kier alpha value is -3.17. The van der Waals surface area contributed by atoms with Gasteiger partial charge in [-0.2, -0.15) is 4.98 Å². The largest absolute Gasteiger partial charge is 0.469 e. The molecule has 0 atom stereocenters. The van der Waals surface area contributed by atoms with Gasteiger partial charge in [-0.05, 0) is 31.2 Å². The SMILES string of the molecule is COC(=O)CCC(=O)Oc1cc(C)c2c(OC(=O)N3CCC(C)CC3)n[nH]c2n1. The van der Waals surface area contributed by atoms with Crippen LogP contribution >= 0.6 is 0 Å². The van der Waals surface area contributed by atoms with E-state index in [0.717, 1.165) is 12.8 Å². The van der Waals surface area contributed by atoms with E-state index in [-0.39, 0.29) is 24.6 Å². The van der Waals surface area contributed by atoms with Gasteiger partial charge in [-0.3, -0.25) is 14.7 Å². The van der Waals surface area contributed by atoms with Crippen LogP contribution in [0.3, 0.4) is 0 Å². The van der Waals surface area contributed by atoms with Gasteiger partial charge in [-0.15, -0.1) is 5.10 Å². The number of ether oxygens (including phenoxy) is 3. The molecule has 1 aliphatic heterocycles. The van der Waals surface area contributed by atoms with Crippen LogP contribution in [0.15, 0.2) is 6.07 Å². The molecule has 2 aromatic rings. The maximum Gasteiger partial charge on any atom is 0.416 e. The molecule has 1 aliphatic rings. The summed E-state index contributed by atoms with van der Waals surface area (Å²) in [6.07, 6.45) is 1.26. The normalized spacial score (nSPS) is 14.7. The molecule has 0 saturated carbocycles. The van der Waals surface area contributed by atoms with Crippen molar-refractivity contribution in [2.45, 2.75) is 39.5 Å². The number of piperidine rings is 1. The second-order valence-corrected chi connectivity index (χ2v) is 7.12. The molecule has 0 spiro atoms. The molecule has 0 radical (unpaired) electrons. The third-order valence-corrected chi connectivity index (χ3v) is 4.88. The molecule has 0 bridgehead atoms. The Morgan fingerprint density at radius 3 is 2.55 bits per heavy atom. The second kappa shape index (κ2) is 8.89. The lowest BCUT2D eigenvalue weighted by atomic mass is 10.00. The zero-order chi connectivity index (χ0) is 21.0. The van der Waals surface area contributed by atoms with Gasteiger partial charge in [0.25, 0.3) is 5.88 Å².